The average Bonchev–Trinajstić information content (AvgIpc) is 3.38. The zero-order valence-electron chi connectivity index (χ0n) is 24.7. The number of carbonyl (C=O) groups excluding carboxylic acids is 3. The maximum absolute atomic E-state index is 13.6. The third kappa shape index (κ3) is 5.76. The fraction of sp³-hybridized carbons (Fsp3) is 0.438. The van der Waals surface area contributed by atoms with Gasteiger partial charge in [-0.1, -0.05) is 42.5 Å². The minimum absolute atomic E-state index is 0.175. The van der Waals surface area contributed by atoms with Crippen LogP contribution in [0.2, 0.25) is 0 Å². The maximum atomic E-state index is 13.6. The standard InChI is InChI=1S/C30H31NO9.C2HF3O/c1-31-14-13-29-24-18-7-8-19(16-32)25(24)40-27(29)20(11-12-30(29,37)21(31)15-18)38-28(36)26(17-5-3-2-4-6-17)39-23(35)10-9-22(33)34;3-2(4,5)1-6/h2-8,11,21,26-27,32,37H,9-10,12-16H2,1H3,(H,33,34);1H/t21-,26+,27+,29+,30-;/m1./s1. The lowest BCUT2D eigenvalue weighted by Crippen LogP contribution is -2.74. The lowest BCUT2D eigenvalue weighted by atomic mass is 9.50. The number of likely N-dealkylation sites (tertiary alicyclic amines) is 1. The number of alkyl halides is 3. The van der Waals surface area contributed by atoms with Crippen molar-refractivity contribution in [3.8, 4) is 5.75 Å². The number of nitrogens with zero attached hydrogens (tertiary/aromatic N) is 1. The molecule has 0 amide bonds. The van der Waals surface area contributed by atoms with E-state index in [0.717, 1.165) is 11.1 Å². The molecule has 14 heteroatoms. The van der Waals surface area contributed by atoms with Gasteiger partial charge in [-0.25, -0.2) is 4.79 Å². The van der Waals surface area contributed by atoms with Crippen LogP contribution >= 0.6 is 0 Å². The zero-order valence-corrected chi connectivity index (χ0v) is 24.7. The molecule has 6 rings (SSSR count). The monoisotopic (exact) mass is 647 g/mol. The Morgan fingerprint density at radius 2 is 1.85 bits per heavy atom. The van der Waals surface area contributed by atoms with Gasteiger partial charge >= 0.3 is 24.1 Å². The quantitative estimate of drug-likeness (QED) is 0.286. The van der Waals surface area contributed by atoms with E-state index in [1.165, 1.54) is 0 Å². The number of esters is 2. The third-order valence-electron chi connectivity index (χ3n) is 9.09. The van der Waals surface area contributed by atoms with Gasteiger partial charge in [0.05, 0.1) is 30.5 Å². The second-order valence-electron chi connectivity index (χ2n) is 11.7. The number of aldehydes is 1. The largest absolute Gasteiger partial charge is 0.481 e. The summed E-state index contributed by atoms with van der Waals surface area (Å²) in [7, 11) is 2.00. The van der Waals surface area contributed by atoms with Gasteiger partial charge in [0.25, 0.3) is 0 Å². The Balaban J connectivity index is 0.000000635. The van der Waals surface area contributed by atoms with E-state index in [2.05, 4.69) is 4.90 Å². The van der Waals surface area contributed by atoms with Crippen LogP contribution in [0.1, 0.15) is 54.0 Å². The third-order valence-corrected chi connectivity index (χ3v) is 9.09. The van der Waals surface area contributed by atoms with Crippen molar-refractivity contribution >= 4 is 24.2 Å². The number of carboxylic acids is 1. The summed E-state index contributed by atoms with van der Waals surface area (Å²) in [4.78, 5) is 47.8. The van der Waals surface area contributed by atoms with Gasteiger partial charge in [-0.15, -0.1) is 0 Å². The molecule has 1 fully saturated rings. The molecule has 2 aliphatic heterocycles. The number of aliphatic carboxylic acids is 1. The number of piperidine rings is 1. The van der Waals surface area contributed by atoms with Gasteiger partial charge in [0.1, 0.15) is 11.5 Å². The Labute approximate surface area is 261 Å². The van der Waals surface area contributed by atoms with Gasteiger partial charge in [0.15, 0.2) is 6.10 Å². The van der Waals surface area contributed by atoms with Crippen molar-refractivity contribution in [2.45, 2.75) is 74.2 Å². The normalized spacial score (nSPS) is 26.3. The molecule has 1 spiro atoms. The number of aliphatic hydroxyl groups is 2. The van der Waals surface area contributed by atoms with E-state index in [4.69, 9.17) is 24.1 Å². The first-order chi connectivity index (χ1) is 21.8. The molecule has 0 saturated carbocycles. The van der Waals surface area contributed by atoms with Crippen molar-refractivity contribution in [3.05, 3.63) is 76.6 Å². The summed E-state index contributed by atoms with van der Waals surface area (Å²) >= 11 is 0. The van der Waals surface area contributed by atoms with E-state index in [9.17, 15) is 37.8 Å². The van der Waals surface area contributed by atoms with Gasteiger partial charge in [0, 0.05) is 29.2 Å². The average molecular weight is 648 g/mol. The number of halogens is 3. The van der Waals surface area contributed by atoms with Crippen LogP contribution in [0.5, 0.6) is 5.75 Å². The Morgan fingerprint density at radius 1 is 1.15 bits per heavy atom. The fourth-order valence-electron chi connectivity index (χ4n) is 7.08. The van der Waals surface area contributed by atoms with E-state index >= 15 is 0 Å². The van der Waals surface area contributed by atoms with E-state index < -0.39 is 66.4 Å². The lowest BCUT2D eigenvalue weighted by Gasteiger charge is -2.61. The molecule has 2 aromatic rings. The van der Waals surface area contributed by atoms with Crippen LogP contribution in [-0.2, 0) is 47.1 Å². The molecule has 1 saturated heterocycles. The van der Waals surface area contributed by atoms with E-state index in [-0.39, 0.29) is 24.8 Å². The first-order valence-corrected chi connectivity index (χ1v) is 14.5. The van der Waals surface area contributed by atoms with Gasteiger partial charge in [-0.2, -0.15) is 13.2 Å². The molecular weight excluding hydrogens is 615 g/mol. The predicted molar refractivity (Wildman–Crippen MR) is 151 cm³/mol. The van der Waals surface area contributed by atoms with Crippen molar-refractivity contribution in [1.29, 1.82) is 0 Å². The van der Waals surface area contributed by atoms with Crippen molar-refractivity contribution in [2.75, 3.05) is 13.6 Å². The topological polar surface area (TPSA) is 160 Å². The van der Waals surface area contributed by atoms with Crippen LogP contribution in [-0.4, -0.2) is 81.9 Å². The summed E-state index contributed by atoms with van der Waals surface area (Å²) in [6, 6.07) is 12.0. The summed E-state index contributed by atoms with van der Waals surface area (Å²) in [5, 5.41) is 31.3. The van der Waals surface area contributed by atoms with Crippen molar-refractivity contribution in [3.63, 3.8) is 0 Å². The molecular formula is C32H32F3NO10. The zero-order chi connectivity index (χ0) is 33.4. The fourth-order valence-corrected chi connectivity index (χ4v) is 7.08. The summed E-state index contributed by atoms with van der Waals surface area (Å²) in [6.45, 7) is 0.457. The van der Waals surface area contributed by atoms with Gasteiger partial charge in [-0.05, 0) is 38.1 Å². The second-order valence-corrected chi connectivity index (χ2v) is 11.7. The second kappa shape index (κ2) is 12.5. The molecule has 11 nitrogen and oxygen atoms in total. The molecule has 5 atom stereocenters. The van der Waals surface area contributed by atoms with Crippen LogP contribution < -0.4 is 4.74 Å². The van der Waals surface area contributed by atoms with Gasteiger partial charge in [-0.3, -0.25) is 14.4 Å². The maximum Gasteiger partial charge on any atom is 0.446 e. The summed E-state index contributed by atoms with van der Waals surface area (Å²) in [6.07, 6.45) is -5.70. The van der Waals surface area contributed by atoms with E-state index in [0.29, 0.717) is 36.3 Å². The summed E-state index contributed by atoms with van der Waals surface area (Å²) in [5.74, 6) is -2.11. The lowest BCUT2D eigenvalue weighted by molar-refractivity contribution is -0.176. The SMILES string of the molecule is CN1CC[C@]23c4c5ccc(CO)c4O[C@H]2C(OC(=O)[C@@H](OC(=O)CCC(=O)O)c2ccccc2)=CC[C@@]3(O)[C@H]1C5.O=CC(F)(F)F. The Morgan fingerprint density at radius 3 is 2.48 bits per heavy atom. The smallest absolute Gasteiger partial charge is 0.446 e. The summed E-state index contributed by atoms with van der Waals surface area (Å²) in [5.41, 5.74) is 0.815. The minimum atomic E-state index is -4.64. The number of hydrogen-bond acceptors (Lipinski definition) is 10. The van der Waals surface area contributed by atoms with Crippen LogP contribution in [0.25, 0.3) is 0 Å². The molecule has 4 aliphatic rings. The number of rotatable bonds is 8. The first-order valence-electron chi connectivity index (χ1n) is 14.5. The summed E-state index contributed by atoms with van der Waals surface area (Å²) < 4.78 is 49.1. The molecule has 2 heterocycles. The number of likely N-dealkylation sites (N-methyl/N-ethyl adjacent to an activating group) is 1. The number of benzene rings is 2. The Kier molecular flexibility index (Phi) is 8.99. The predicted octanol–water partition coefficient (Wildman–Crippen LogP) is 2.90. The molecule has 2 aromatic carbocycles. The van der Waals surface area contributed by atoms with Crippen LogP contribution in [0, 0.1) is 0 Å². The minimum Gasteiger partial charge on any atom is -0.481 e. The van der Waals surface area contributed by atoms with Crippen LogP contribution in [0.4, 0.5) is 13.2 Å². The molecule has 2 bridgehead atoms. The number of carbonyl (C=O) groups is 4. The van der Waals surface area contributed by atoms with Crippen LogP contribution in [0.15, 0.2) is 54.3 Å². The highest BCUT2D eigenvalue weighted by molar-refractivity contribution is 5.83. The highest BCUT2D eigenvalue weighted by atomic mass is 19.4. The molecule has 2 aliphatic carbocycles. The van der Waals surface area contributed by atoms with Gasteiger partial charge < -0.3 is 34.4 Å². The highest BCUT2D eigenvalue weighted by Crippen LogP contribution is 2.64. The molecule has 3 N–H and O–H groups in total. The Hall–Kier alpha value is -4.27. The van der Waals surface area contributed by atoms with Gasteiger partial charge in [0.2, 0.25) is 12.4 Å². The number of aliphatic hydroxyl groups excluding tert-OH is 1. The highest BCUT2D eigenvalue weighted by Gasteiger charge is 2.72. The molecule has 246 valence electrons. The van der Waals surface area contributed by atoms with Crippen LogP contribution in [0.3, 0.4) is 0 Å². The molecule has 0 radical (unpaired) electrons. The van der Waals surface area contributed by atoms with Crippen molar-refractivity contribution < 1.29 is 61.9 Å². The van der Waals surface area contributed by atoms with Crippen molar-refractivity contribution in [2.24, 2.45) is 0 Å². The first kappa shape index (κ1) is 33.1. The molecule has 46 heavy (non-hydrogen) atoms. The Bertz CT molecular complexity index is 1560. The molecule has 0 aromatic heterocycles. The molecule has 0 unspecified atom stereocenters. The van der Waals surface area contributed by atoms with E-state index in [1.807, 2.05) is 19.2 Å². The number of ether oxygens (including phenoxy) is 3. The number of carboxylic acid groups (broad SMARTS) is 1. The van der Waals surface area contributed by atoms with E-state index in [1.54, 1.807) is 36.4 Å². The van der Waals surface area contributed by atoms with Crippen molar-refractivity contribution in [1.82, 2.24) is 4.90 Å². The number of hydrogen-bond donors (Lipinski definition) is 3.